The third-order valence-corrected chi connectivity index (χ3v) is 5.86. The summed E-state index contributed by atoms with van der Waals surface area (Å²) in [4.78, 5) is 6.55. The van der Waals surface area contributed by atoms with Crippen molar-refractivity contribution in [2.75, 3.05) is 13.1 Å². The van der Waals surface area contributed by atoms with Crippen LogP contribution in [0.25, 0.3) is 11.8 Å². The lowest BCUT2D eigenvalue weighted by Gasteiger charge is -2.32. The molecule has 1 aromatic carbocycles. The lowest BCUT2D eigenvalue weighted by molar-refractivity contribution is 0.197. The third-order valence-electron chi connectivity index (χ3n) is 5.86. The predicted molar refractivity (Wildman–Crippen MR) is 121 cm³/mol. The van der Waals surface area contributed by atoms with Crippen molar-refractivity contribution in [3.8, 4) is 0 Å². The number of pyridine rings is 1. The Morgan fingerprint density at radius 2 is 1.93 bits per heavy atom. The first-order valence-corrected chi connectivity index (χ1v) is 10.3. The first-order valence-electron chi connectivity index (χ1n) is 10.3. The lowest BCUT2D eigenvalue weighted by atomic mass is 9.94. The molecular formula is C26H31FN2. The first kappa shape index (κ1) is 21.0. The Balaban J connectivity index is 1.69. The lowest BCUT2D eigenvalue weighted by Crippen LogP contribution is -2.32. The Bertz CT molecular complexity index is 933. The van der Waals surface area contributed by atoms with Crippen molar-refractivity contribution in [1.29, 1.82) is 0 Å². The van der Waals surface area contributed by atoms with Gasteiger partial charge in [0.25, 0.3) is 0 Å². The van der Waals surface area contributed by atoms with Gasteiger partial charge in [0.1, 0.15) is 6.17 Å². The van der Waals surface area contributed by atoms with E-state index < -0.39 is 6.17 Å². The molecule has 1 aliphatic heterocycles. The molecule has 0 aliphatic carbocycles. The van der Waals surface area contributed by atoms with Crippen molar-refractivity contribution in [2.45, 2.75) is 46.2 Å². The molecule has 152 valence electrons. The molecule has 0 atom stereocenters. The smallest absolute Gasteiger partial charge is 0.103 e. The molecule has 2 aromatic rings. The first-order chi connectivity index (χ1) is 13.8. The van der Waals surface area contributed by atoms with E-state index in [1.54, 1.807) is 0 Å². The van der Waals surface area contributed by atoms with Gasteiger partial charge in [0.15, 0.2) is 0 Å². The number of allylic oxidation sites excluding steroid dienone is 2. The van der Waals surface area contributed by atoms with Gasteiger partial charge in [0, 0.05) is 30.7 Å². The SMILES string of the molecule is C=C(Cc1ccc(C(=C)N2CCC(F)CC2)cc1C)/C(C)=C/c1cccnc1C. The van der Waals surface area contributed by atoms with Gasteiger partial charge in [-0.2, -0.15) is 0 Å². The highest BCUT2D eigenvalue weighted by molar-refractivity contribution is 5.64. The average Bonchev–Trinajstić information content (AvgIpc) is 2.71. The normalized spacial score (nSPS) is 15.4. The molecule has 0 spiro atoms. The number of hydrogen-bond donors (Lipinski definition) is 0. The second-order valence-corrected chi connectivity index (χ2v) is 8.04. The highest BCUT2D eigenvalue weighted by atomic mass is 19.1. The number of aromatic nitrogens is 1. The molecule has 1 fully saturated rings. The van der Waals surface area contributed by atoms with E-state index in [0.29, 0.717) is 12.8 Å². The van der Waals surface area contributed by atoms with E-state index in [0.717, 1.165) is 47.6 Å². The Morgan fingerprint density at radius 3 is 2.59 bits per heavy atom. The number of likely N-dealkylation sites (tertiary alicyclic amines) is 1. The summed E-state index contributed by atoms with van der Waals surface area (Å²) >= 11 is 0. The van der Waals surface area contributed by atoms with E-state index in [1.807, 2.05) is 19.2 Å². The van der Waals surface area contributed by atoms with E-state index >= 15 is 0 Å². The molecule has 29 heavy (non-hydrogen) atoms. The number of alkyl halides is 1. The van der Waals surface area contributed by atoms with Gasteiger partial charge in [0.2, 0.25) is 0 Å². The molecule has 0 amide bonds. The molecular weight excluding hydrogens is 359 g/mol. The molecule has 1 saturated heterocycles. The van der Waals surface area contributed by atoms with Crippen LogP contribution >= 0.6 is 0 Å². The molecule has 2 nitrogen and oxygen atoms in total. The topological polar surface area (TPSA) is 16.1 Å². The van der Waals surface area contributed by atoms with Crippen LogP contribution in [0.1, 0.15) is 47.7 Å². The molecule has 1 aromatic heterocycles. The fourth-order valence-corrected chi connectivity index (χ4v) is 3.73. The Labute approximate surface area is 174 Å². The molecule has 0 N–H and O–H groups in total. The van der Waals surface area contributed by atoms with Crippen molar-refractivity contribution in [1.82, 2.24) is 9.88 Å². The van der Waals surface area contributed by atoms with E-state index in [2.05, 4.69) is 67.2 Å². The quantitative estimate of drug-likeness (QED) is 0.538. The summed E-state index contributed by atoms with van der Waals surface area (Å²) in [6.07, 6.45) is 5.31. The van der Waals surface area contributed by atoms with Gasteiger partial charge in [-0.15, -0.1) is 0 Å². The van der Waals surface area contributed by atoms with Crippen LogP contribution < -0.4 is 0 Å². The van der Waals surface area contributed by atoms with Crippen LogP contribution in [0, 0.1) is 13.8 Å². The standard InChI is InChI=1S/C26H31FN2/c1-18(19(2)16-24-7-6-12-28-21(24)4)15-23-8-9-25(17-20(23)3)22(5)29-13-10-26(27)11-14-29/h6-9,12,16-17,26H,1,5,10-11,13-15H2,2-4H3/b19-16+. The number of hydrogen-bond acceptors (Lipinski definition) is 2. The van der Waals surface area contributed by atoms with Crippen molar-refractivity contribution >= 4 is 11.8 Å². The van der Waals surface area contributed by atoms with E-state index in [4.69, 9.17) is 0 Å². The van der Waals surface area contributed by atoms with E-state index in [-0.39, 0.29) is 0 Å². The molecule has 3 heteroatoms. The largest absolute Gasteiger partial charge is 0.371 e. The summed E-state index contributed by atoms with van der Waals surface area (Å²) < 4.78 is 13.4. The zero-order valence-electron chi connectivity index (χ0n) is 17.8. The fourth-order valence-electron chi connectivity index (χ4n) is 3.73. The van der Waals surface area contributed by atoms with Crippen LogP contribution in [0.5, 0.6) is 0 Å². The van der Waals surface area contributed by atoms with Gasteiger partial charge in [-0.3, -0.25) is 4.98 Å². The monoisotopic (exact) mass is 390 g/mol. The molecule has 3 rings (SSSR count). The van der Waals surface area contributed by atoms with Gasteiger partial charge in [0.05, 0.1) is 0 Å². The molecule has 1 aliphatic rings. The maximum Gasteiger partial charge on any atom is 0.103 e. The number of halogens is 1. The van der Waals surface area contributed by atoms with Gasteiger partial charge in [-0.05, 0) is 91.6 Å². The highest BCUT2D eigenvalue weighted by Gasteiger charge is 2.20. The molecule has 0 radical (unpaired) electrons. The second kappa shape index (κ2) is 9.21. The maximum absolute atomic E-state index is 13.4. The van der Waals surface area contributed by atoms with Gasteiger partial charge in [-0.25, -0.2) is 4.39 Å². The van der Waals surface area contributed by atoms with Crippen molar-refractivity contribution in [3.05, 3.63) is 88.8 Å². The summed E-state index contributed by atoms with van der Waals surface area (Å²) in [7, 11) is 0. The zero-order valence-corrected chi connectivity index (χ0v) is 17.8. The number of nitrogens with zero attached hydrogens (tertiary/aromatic N) is 2. The summed E-state index contributed by atoms with van der Waals surface area (Å²) in [6, 6.07) is 10.5. The van der Waals surface area contributed by atoms with E-state index in [1.165, 1.54) is 16.7 Å². The summed E-state index contributed by atoms with van der Waals surface area (Å²) in [5.74, 6) is 0. The number of benzene rings is 1. The van der Waals surface area contributed by atoms with E-state index in [9.17, 15) is 4.39 Å². The molecule has 0 unspecified atom stereocenters. The van der Waals surface area contributed by atoms with Crippen molar-refractivity contribution in [2.24, 2.45) is 0 Å². The third kappa shape index (κ3) is 5.23. The number of piperidine rings is 1. The van der Waals surface area contributed by atoms with Crippen molar-refractivity contribution in [3.63, 3.8) is 0 Å². The van der Waals surface area contributed by atoms with Crippen LogP contribution in [0.2, 0.25) is 0 Å². The maximum atomic E-state index is 13.4. The molecule has 0 bridgehead atoms. The van der Waals surface area contributed by atoms with Crippen LogP contribution in [0.3, 0.4) is 0 Å². The van der Waals surface area contributed by atoms with Gasteiger partial charge >= 0.3 is 0 Å². The minimum atomic E-state index is -0.666. The Kier molecular flexibility index (Phi) is 6.68. The van der Waals surface area contributed by atoms with Gasteiger partial charge < -0.3 is 4.90 Å². The second-order valence-electron chi connectivity index (χ2n) is 8.04. The number of rotatable bonds is 6. The number of aryl methyl sites for hydroxylation is 2. The molecule has 0 saturated carbocycles. The van der Waals surface area contributed by atoms with Crippen molar-refractivity contribution < 1.29 is 4.39 Å². The van der Waals surface area contributed by atoms with Gasteiger partial charge in [-0.1, -0.05) is 31.4 Å². The van der Waals surface area contributed by atoms with Crippen LogP contribution in [0.15, 0.2) is 60.8 Å². The Morgan fingerprint density at radius 1 is 1.21 bits per heavy atom. The summed E-state index contributed by atoms with van der Waals surface area (Å²) in [6.45, 7) is 16.3. The summed E-state index contributed by atoms with van der Waals surface area (Å²) in [5.41, 5.74) is 9.04. The Hall–Kier alpha value is -2.68. The molecule has 2 heterocycles. The van der Waals surface area contributed by atoms with Crippen LogP contribution in [-0.2, 0) is 6.42 Å². The minimum absolute atomic E-state index is 0.595. The van der Waals surface area contributed by atoms with Crippen LogP contribution in [-0.4, -0.2) is 29.1 Å². The minimum Gasteiger partial charge on any atom is -0.371 e. The highest BCUT2D eigenvalue weighted by Crippen LogP contribution is 2.26. The zero-order chi connectivity index (χ0) is 21.0. The fraction of sp³-hybridized carbons (Fsp3) is 0.346. The summed E-state index contributed by atoms with van der Waals surface area (Å²) in [5, 5.41) is 0. The average molecular weight is 391 g/mol. The van der Waals surface area contributed by atoms with Crippen LogP contribution in [0.4, 0.5) is 4.39 Å². The predicted octanol–water partition coefficient (Wildman–Crippen LogP) is 6.31.